The molecule has 0 saturated carbocycles. The minimum Gasteiger partial charge on any atom is -0.493 e. The van der Waals surface area contributed by atoms with Gasteiger partial charge in [0.1, 0.15) is 18.1 Å². The molecule has 20 heavy (non-hydrogen) atoms. The second-order valence-electron chi connectivity index (χ2n) is 5.12. The van der Waals surface area contributed by atoms with Crippen LogP contribution in [-0.4, -0.2) is 31.7 Å². The number of hydrogen-bond donors (Lipinski definition) is 0. The minimum absolute atomic E-state index is 0.115. The molecule has 4 nitrogen and oxygen atoms in total. The highest BCUT2D eigenvalue weighted by Crippen LogP contribution is 2.26. The molecule has 1 aliphatic heterocycles. The van der Waals surface area contributed by atoms with Gasteiger partial charge in [0.15, 0.2) is 6.29 Å². The molecule has 0 bridgehead atoms. The van der Waals surface area contributed by atoms with Gasteiger partial charge < -0.3 is 14.2 Å². The van der Waals surface area contributed by atoms with Gasteiger partial charge in [-0.2, -0.15) is 0 Å². The van der Waals surface area contributed by atoms with E-state index in [0.29, 0.717) is 30.6 Å². The van der Waals surface area contributed by atoms with Crippen LogP contribution in [0.25, 0.3) is 0 Å². The van der Waals surface area contributed by atoms with Crippen LogP contribution in [0.2, 0.25) is 0 Å². The molecule has 4 heteroatoms. The van der Waals surface area contributed by atoms with E-state index in [0.717, 1.165) is 31.3 Å². The topological polar surface area (TPSA) is 44.8 Å². The molecular weight excluding hydrogens is 256 g/mol. The molecule has 0 N–H and O–H groups in total. The molecule has 0 aromatic heterocycles. The summed E-state index contributed by atoms with van der Waals surface area (Å²) in [4.78, 5) is 11.0. The van der Waals surface area contributed by atoms with E-state index in [-0.39, 0.29) is 6.10 Å². The van der Waals surface area contributed by atoms with Gasteiger partial charge in [0, 0.05) is 6.07 Å². The molecule has 0 amide bonds. The monoisotopic (exact) mass is 278 g/mol. The van der Waals surface area contributed by atoms with Crippen molar-refractivity contribution in [2.75, 3.05) is 13.2 Å². The quantitative estimate of drug-likeness (QED) is 0.718. The molecule has 0 spiro atoms. The summed E-state index contributed by atoms with van der Waals surface area (Å²) in [6, 6.07) is 5.30. The third kappa shape index (κ3) is 3.97. The first-order valence-corrected chi connectivity index (χ1v) is 7.23. The fraction of sp³-hybridized carbons (Fsp3) is 0.562. The number of rotatable bonds is 7. The van der Waals surface area contributed by atoms with E-state index >= 15 is 0 Å². The van der Waals surface area contributed by atoms with Gasteiger partial charge in [-0.05, 0) is 38.3 Å². The van der Waals surface area contributed by atoms with Crippen LogP contribution >= 0.6 is 0 Å². The van der Waals surface area contributed by atoms with Crippen molar-refractivity contribution in [3.63, 3.8) is 0 Å². The van der Waals surface area contributed by atoms with Crippen molar-refractivity contribution < 1.29 is 19.0 Å². The van der Waals surface area contributed by atoms with E-state index in [1.165, 1.54) is 0 Å². The molecule has 2 unspecified atom stereocenters. The van der Waals surface area contributed by atoms with Crippen LogP contribution in [0.5, 0.6) is 11.5 Å². The number of carbonyl (C=O) groups excluding carboxylic acids is 1. The predicted molar refractivity (Wildman–Crippen MR) is 76.7 cm³/mol. The van der Waals surface area contributed by atoms with E-state index < -0.39 is 0 Å². The Morgan fingerprint density at radius 2 is 2.20 bits per heavy atom. The molecule has 2 rings (SSSR count). The van der Waals surface area contributed by atoms with Gasteiger partial charge in [-0.1, -0.05) is 6.92 Å². The summed E-state index contributed by atoms with van der Waals surface area (Å²) in [5, 5.41) is 0. The average molecular weight is 278 g/mol. The van der Waals surface area contributed by atoms with Crippen LogP contribution in [0.1, 0.15) is 43.5 Å². The molecule has 0 radical (unpaired) electrons. The molecule has 1 aromatic carbocycles. The number of carbonyl (C=O) groups is 1. The molecule has 1 heterocycles. The summed E-state index contributed by atoms with van der Waals surface area (Å²) in [5.74, 6) is 1.30. The average Bonchev–Trinajstić information content (AvgIpc) is 2.88. The molecule has 1 aromatic rings. The number of hydrogen-bond acceptors (Lipinski definition) is 4. The van der Waals surface area contributed by atoms with E-state index in [1.54, 1.807) is 18.2 Å². The molecule has 110 valence electrons. The van der Waals surface area contributed by atoms with Gasteiger partial charge in [0.05, 0.1) is 24.4 Å². The lowest BCUT2D eigenvalue weighted by Crippen LogP contribution is -2.18. The molecular formula is C16H22O4. The van der Waals surface area contributed by atoms with Crippen LogP contribution in [0.3, 0.4) is 0 Å². The lowest BCUT2D eigenvalue weighted by atomic mass is 10.2. The summed E-state index contributed by atoms with van der Waals surface area (Å²) in [7, 11) is 0. The Hall–Kier alpha value is -1.55. The van der Waals surface area contributed by atoms with E-state index in [2.05, 4.69) is 13.8 Å². The third-order valence-electron chi connectivity index (χ3n) is 3.33. The van der Waals surface area contributed by atoms with Gasteiger partial charge in [0.25, 0.3) is 0 Å². The van der Waals surface area contributed by atoms with Crippen LogP contribution in [0, 0.1) is 0 Å². The Bertz CT molecular complexity index is 444. The van der Waals surface area contributed by atoms with Crippen LogP contribution in [-0.2, 0) is 4.74 Å². The lowest BCUT2D eigenvalue weighted by Gasteiger charge is -2.15. The number of ether oxygens (including phenoxy) is 3. The van der Waals surface area contributed by atoms with Crippen molar-refractivity contribution in [2.45, 2.75) is 45.3 Å². The molecule has 1 saturated heterocycles. The van der Waals surface area contributed by atoms with Gasteiger partial charge in [-0.15, -0.1) is 0 Å². The SMILES string of the molecule is CCCOc1ccc(C=O)c(OCC2CCC(C)O2)c1. The maximum Gasteiger partial charge on any atom is 0.153 e. The number of aldehydes is 1. The predicted octanol–water partition coefficient (Wildman–Crippen LogP) is 3.23. The Balaban J connectivity index is 1.98. The first-order valence-electron chi connectivity index (χ1n) is 7.23. The summed E-state index contributed by atoms with van der Waals surface area (Å²) in [6.07, 6.45) is 4.23. The van der Waals surface area contributed by atoms with Gasteiger partial charge in [-0.3, -0.25) is 4.79 Å². The van der Waals surface area contributed by atoms with Crippen LogP contribution < -0.4 is 9.47 Å². The highest BCUT2D eigenvalue weighted by atomic mass is 16.5. The lowest BCUT2D eigenvalue weighted by molar-refractivity contribution is 0.0262. The Labute approximate surface area is 120 Å². The first-order chi connectivity index (χ1) is 9.72. The van der Waals surface area contributed by atoms with Crippen molar-refractivity contribution >= 4 is 6.29 Å². The smallest absolute Gasteiger partial charge is 0.153 e. The highest BCUT2D eigenvalue weighted by Gasteiger charge is 2.22. The maximum atomic E-state index is 11.0. The summed E-state index contributed by atoms with van der Waals surface area (Å²) in [6.45, 7) is 5.25. The second-order valence-corrected chi connectivity index (χ2v) is 5.12. The fourth-order valence-corrected chi connectivity index (χ4v) is 2.24. The van der Waals surface area contributed by atoms with Crippen molar-refractivity contribution in [1.29, 1.82) is 0 Å². The van der Waals surface area contributed by atoms with Gasteiger partial charge in [-0.25, -0.2) is 0 Å². The van der Waals surface area contributed by atoms with Crippen molar-refractivity contribution in [3.05, 3.63) is 23.8 Å². The Morgan fingerprint density at radius 1 is 1.35 bits per heavy atom. The third-order valence-corrected chi connectivity index (χ3v) is 3.33. The van der Waals surface area contributed by atoms with Gasteiger partial charge >= 0.3 is 0 Å². The summed E-state index contributed by atoms with van der Waals surface area (Å²) >= 11 is 0. The fourth-order valence-electron chi connectivity index (χ4n) is 2.24. The summed E-state index contributed by atoms with van der Waals surface area (Å²) in [5.41, 5.74) is 0.542. The molecule has 1 fully saturated rings. The van der Waals surface area contributed by atoms with Crippen LogP contribution in [0.15, 0.2) is 18.2 Å². The second kappa shape index (κ2) is 7.29. The zero-order valence-electron chi connectivity index (χ0n) is 12.1. The first kappa shape index (κ1) is 14.9. The summed E-state index contributed by atoms with van der Waals surface area (Å²) < 4.78 is 17.0. The van der Waals surface area contributed by atoms with E-state index in [4.69, 9.17) is 14.2 Å². The normalized spacial score (nSPS) is 21.7. The van der Waals surface area contributed by atoms with Crippen molar-refractivity contribution in [2.24, 2.45) is 0 Å². The Kier molecular flexibility index (Phi) is 5.41. The molecule has 0 aliphatic carbocycles. The minimum atomic E-state index is 0.115. The zero-order valence-corrected chi connectivity index (χ0v) is 12.1. The van der Waals surface area contributed by atoms with Crippen molar-refractivity contribution in [3.8, 4) is 11.5 Å². The largest absolute Gasteiger partial charge is 0.493 e. The van der Waals surface area contributed by atoms with Gasteiger partial charge in [0.2, 0.25) is 0 Å². The molecule has 1 aliphatic rings. The van der Waals surface area contributed by atoms with E-state index in [1.807, 2.05) is 0 Å². The van der Waals surface area contributed by atoms with Crippen molar-refractivity contribution in [1.82, 2.24) is 0 Å². The zero-order chi connectivity index (χ0) is 14.4. The standard InChI is InChI=1S/C16H22O4/c1-3-8-18-14-7-5-13(10-17)16(9-14)19-11-15-6-4-12(2)20-15/h5,7,9-10,12,15H,3-4,6,8,11H2,1-2H3. The highest BCUT2D eigenvalue weighted by molar-refractivity contribution is 5.79. The maximum absolute atomic E-state index is 11.0. The Morgan fingerprint density at radius 3 is 2.85 bits per heavy atom. The number of benzene rings is 1. The van der Waals surface area contributed by atoms with Crippen LogP contribution in [0.4, 0.5) is 0 Å². The van der Waals surface area contributed by atoms with E-state index in [9.17, 15) is 4.79 Å². The molecule has 2 atom stereocenters.